The van der Waals surface area contributed by atoms with Gasteiger partial charge in [0.05, 0.1) is 11.6 Å². The van der Waals surface area contributed by atoms with Crippen molar-refractivity contribution in [3.63, 3.8) is 0 Å². The Hall–Kier alpha value is -3.60. The maximum atomic E-state index is 12.6. The van der Waals surface area contributed by atoms with Gasteiger partial charge in [0, 0.05) is 43.5 Å². The lowest BCUT2D eigenvalue weighted by Crippen LogP contribution is -2.22. The highest BCUT2D eigenvalue weighted by molar-refractivity contribution is 5.99. The van der Waals surface area contributed by atoms with Crippen molar-refractivity contribution < 1.29 is 4.79 Å². The second kappa shape index (κ2) is 7.27. The number of aromatic nitrogens is 3. The number of nitrogens with zero attached hydrogens (tertiary/aromatic N) is 4. The van der Waals surface area contributed by atoms with Crippen molar-refractivity contribution in [3.05, 3.63) is 51.9 Å². The van der Waals surface area contributed by atoms with E-state index in [4.69, 9.17) is 10.4 Å². The van der Waals surface area contributed by atoms with Gasteiger partial charge in [0.1, 0.15) is 5.39 Å². The number of pyridine rings is 1. The summed E-state index contributed by atoms with van der Waals surface area (Å²) in [6, 6.07) is 9.76. The van der Waals surface area contributed by atoms with Gasteiger partial charge in [0.2, 0.25) is 0 Å². The molecule has 8 nitrogen and oxygen atoms in total. The van der Waals surface area contributed by atoms with Gasteiger partial charge >= 0.3 is 0 Å². The summed E-state index contributed by atoms with van der Waals surface area (Å²) in [5.41, 5.74) is 3.19. The van der Waals surface area contributed by atoms with E-state index in [1.54, 1.807) is 11.1 Å². The zero-order valence-corrected chi connectivity index (χ0v) is 17.4. The van der Waals surface area contributed by atoms with Crippen LogP contribution < -0.4 is 10.9 Å². The van der Waals surface area contributed by atoms with Gasteiger partial charge in [-0.25, -0.2) is 0 Å². The predicted molar refractivity (Wildman–Crippen MR) is 117 cm³/mol. The minimum absolute atomic E-state index is 0.0577. The molecule has 1 aromatic carbocycles. The first kappa shape index (κ1) is 19.4. The molecule has 3 heterocycles. The third-order valence-electron chi connectivity index (χ3n) is 6.51. The fraction of sp³-hybridized carbons (Fsp3) is 0.391. The summed E-state index contributed by atoms with van der Waals surface area (Å²) < 4.78 is 1.90. The van der Waals surface area contributed by atoms with Crippen LogP contribution in [0.15, 0.2) is 35.3 Å². The van der Waals surface area contributed by atoms with Crippen molar-refractivity contribution in [1.29, 1.82) is 5.26 Å². The van der Waals surface area contributed by atoms with Gasteiger partial charge in [-0.1, -0.05) is 0 Å². The lowest BCUT2D eigenvalue weighted by molar-refractivity contribution is 0.0787. The molecule has 0 radical (unpaired) electrons. The van der Waals surface area contributed by atoms with Crippen LogP contribution in [0, 0.1) is 16.7 Å². The van der Waals surface area contributed by atoms with Crippen molar-refractivity contribution in [2.24, 2.45) is 5.41 Å². The number of rotatable bonds is 7. The quantitative estimate of drug-likeness (QED) is 0.613. The van der Waals surface area contributed by atoms with Crippen molar-refractivity contribution in [3.8, 4) is 6.07 Å². The van der Waals surface area contributed by atoms with Crippen molar-refractivity contribution in [2.75, 3.05) is 11.9 Å². The first-order valence-electron chi connectivity index (χ1n) is 10.7. The molecule has 5 rings (SSSR count). The van der Waals surface area contributed by atoms with Crippen LogP contribution in [-0.2, 0) is 13.1 Å². The van der Waals surface area contributed by atoms with Crippen LogP contribution in [0.1, 0.15) is 48.5 Å². The molecular weight excluding hydrogens is 392 g/mol. The van der Waals surface area contributed by atoms with Gasteiger partial charge in [-0.05, 0) is 61.4 Å². The van der Waals surface area contributed by atoms with Gasteiger partial charge < -0.3 is 15.2 Å². The molecule has 0 atom stereocenters. The summed E-state index contributed by atoms with van der Waals surface area (Å²) in [4.78, 5) is 29.5. The number of hydrogen-bond donors (Lipinski definition) is 2. The molecule has 8 heteroatoms. The van der Waals surface area contributed by atoms with Crippen LogP contribution in [-0.4, -0.2) is 32.1 Å². The summed E-state index contributed by atoms with van der Waals surface area (Å²) in [6.45, 7) is 3.93. The Kier molecular flexibility index (Phi) is 4.54. The molecule has 1 fully saturated rings. The fourth-order valence-corrected chi connectivity index (χ4v) is 4.50. The van der Waals surface area contributed by atoms with Crippen LogP contribution in [0.25, 0.3) is 10.9 Å². The minimum Gasteiger partial charge on any atom is -0.338 e. The highest BCUT2D eigenvalue weighted by atomic mass is 16.2. The SMILES string of the molecule is CCN1Cc2cc(Nc3nn(CC4(CCC#N)CC4)c4cc[nH]c(=O)c34)ccc2C1=O. The number of anilines is 2. The highest BCUT2D eigenvalue weighted by Gasteiger charge is 2.43. The Balaban J connectivity index is 1.48. The Morgan fingerprint density at radius 1 is 1.29 bits per heavy atom. The van der Waals surface area contributed by atoms with Crippen LogP contribution >= 0.6 is 0 Å². The van der Waals surface area contributed by atoms with Gasteiger partial charge in [0.15, 0.2) is 5.82 Å². The van der Waals surface area contributed by atoms with E-state index >= 15 is 0 Å². The van der Waals surface area contributed by atoms with E-state index in [-0.39, 0.29) is 16.9 Å². The monoisotopic (exact) mass is 416 g/mol. The lowest BCUT2D eigenvalue weighted by atomic mass is 10.0. The molecule has 31 heavy (non-hydrogen) atoms. The maximum absolute atomic E-state index is 12.6. The second-order valence-electron chi connectivity index (χ2n) is 8.55. The summed E-state index contributed by atoms with van der Waals surface area (Å²) in [7, 11) is 0. The Bertz CT molecular complexity index is 1280. The molecular formula is C23H24N6O2. The van der Waals surface area contributed by atoms with Gasteiger partial charge in [0.25, 0.3) is 11.5 Å². The lowest BCUT2D eigenvalue weighted by Gasteiger charge is -2.13. The minimum atomic E-state index is -0.193. The Morgan fingerprint density at radius 3 is 2.87 bits per heavy atom. The number of hydrogen-bond acceptors (Lipinski definition) is 5. The number of nitriles is 1. The molecule has 0 unspecified atom stereocenters. The van der Waals surface area contributed by atoms with E-state index in [0.717, 1.165) is 41.6 Å². The van der Waals surface area contributed by atoms with E-state index < -0.39 is 0 Å². The highest BCUT2D eigenvalue weighted by Crippen LogP contribution is 2.51. The number of amides is 1. The molecule has 1 saturated carbocycles. The molecule has 1 aliphatic carbocycles. The number of nitrogens with one attached hydrogen (secondary N) is 2. The predicted octanol–water partition coefficient (Wildman–Crippen LogP) is 3.53. The van der Waals surface area contributed by atoms with E-state index in [1.807, 2.05) is 35.9 Å². The first-order chi connectivity index (χ1) is 15.0. The number of carbonyl (C=O) groups is 1. The van der Waals surface area contributed by atoms with Crippen LogP contribution in [0.4, 0.5) is 11.5 Å². The summed E-state index contributed by atoms with van der Waals surface area (Å²) >= 11 is 0. The Morgan fingerprint density at radius 2 is 2.13 bits per heavy atom. The number of H-pyrrole nitrogens is 1. The summed E-state index contributed by atoms with van der Waals surface area (Å²) in [6.07, 6.45) is 5.18. The summed E-state index contributed by atoms with van der Waals surface area (Å²) in [5, 5.41) is 17.5. The molecule has 0 bridgehead atoms. The maximum Gasteiger partial charge on any atom is 0.261 e. The van der Waals surface area contributed by atoms with E-state index in [9.17, 15) is 9.59 Å². The van der Waals surface area contributed by atoms with Crippen LogP contribution in [0.3, 0.4) is 0 Å². The van der Waals surface area contributed by atoms with Gasteiger partial charge in [-0.2, -0.15) is 10.4 Å². The van der Waals surface area contributed by atoms with Crippen molar-refractivity contribution >= 4 is 28.3 Å². The third-order valence-corrected chi connectivity index (χ3v) is 6.51. The average molecular weight is 416 g/mol. The smallest absolute Gasteiger partial charge is 0.261 e. The molecule has 1 amide bonds. The molecule has 3 aromatic rings. The fourth-order valence-electron chi connectivity index (χ4n) is 4.50. The van der Waals surface area contributed by atoms with Crippen LogP contribution in [0.5, 0.6) is 0 Å². The second-order valence-corrected chi connectivity index (χ2v) is 8.55. The Labute approximate surface area is 179 Å². The summed E-state index contributed by atoms with van der Waals surface area (Å²) in [5.74, 6) is 0.562. The van der Waals surface area contributed by atoms with Gasteiger partial charge in [-0.15, -0.1) is 0 Å². The van der Waals surface area contributed by atoms with E-state index in [2.05, 4.69) is 16.4 Å². The van der Waals surface area contributed by atoms with Gasteiger partial charge in [-0.3, -0.25) is 14.3 Å². The standard InChI is InChI=1S/C23H24N6O2/c1-2-28-13-15-12-16(4-5-17(15)22(28)31)26-20-19-18(6-11-25-21(19)30)29(27-20)14-23(8-9-23)7-3-10-24/h4-6,11-12H,2-3,7-9,13-14H2,1H3,(H,25,30)(H,26,27). The van der Waals surface area contributed by atoms with Crippen molar-refractivity contribution in [1.82, 2.24) is 19.7 Å². The topological polar surface area (TPSA) is 107 Å². The largest absolute Gasteiger partial charge is 0.338 e. The zero-order valence-electron chi connectivity index (χ0n) is 17.4. The normalized spacial score (nSPS) is 16.4. The number of fused-ring (bicyclic) bond motifs is 2. The first-order valence-corrected chi connectivity index (χ1v) is 10.7. The third kappa shape index (κ3) is 3.36. The molecule has 2 aliphatic rings. The molecule has 2 aromatic heterocycles. The molecule has 1 aliphatic heterocycles. The number of carbonyl (C=O) groups excluding carboxylic acids is 1. The molecule has 2 N–H and O–H groups in total. The number of aromatic amines is 1. The van der Waals surface area contributed by atoms with Crippen LogP contribution in [0.2, 0.25) is 0 Å². The van der Waals surface area contributed by atoms with E-state index in [1.165, 1.54) is 0 Å². The molecule has 158 valence electrons. The molecule has 0 spiro atoms. The van der Waals surface area contributed by atoms with Crippen molar-refractivity contribution in [2.45, 2.75) is 45.7 Å². The molecule has 0 saturated heterocycles. The average Bonchev–Trinajstić information content (AvgIpc) is 3.34. The number of benzene rings is 1. The van der Waals surface area contributed by atoms with E-state index in [0.29, 0.717) is 37.3 Å². The zero-order chi connectivity index (χ0) is 21.6.